The van der Waals surface area contributed by atoms with E-state index in [2.05, 4.69) is 10.3 Å². The van der Waals surface area contributed by atoms with Gasteiger partial charge in [-0.1, -0.05) is 29.3 Å². The van der Waals surface area contributed by atoms with Crippen LogP contribution in [0.25, 0.3) is 0 Å². The Balaban J connectivity index is 2.29. The van der Waals surface area contributed by atoms with Crippen molar-refractivity contribution in [2.45, 2.75) is 6.92 Å². The van der Waals surface area contributed by atoms with Gasteiger partial charge in [0.1, 0.15) is 11.0 Å². The quantitative estimate of drug-likeness (QED) is 0.849. The fourth-order valence-electron chi connectivity index (χ4n) is 1.56. The lowest BCUT2D eigenvalue weighted by Crippen LogP contribution is -2.13. The molecule has 6 heteroatoms. The molecule has 1 amide bonds. The molecule has 19 heavy (non-hydrogen) atoms. The Morgan fingerprint density at radius 2 is 2.05 bits per heavy atom. The van der Waals surface area contributed by atoms with Crippen molar-refractivity contribution in [1.29, 1.82) is 0 Å². The molecule has 0 bridgehead atoms. The summed E-state index contributed by atoms with van der Waals surface area (Å²) in [6.45, 7) is 1.74. The highest BCUT2D eigenvalue weighted by Crippen LogP contribution is 2.26. The monoisotopic (exact) mass is 298 g/mol. The number of benzene rings is 1. The van der Waals surface area contributed by atoms with E-state index in [9.17, 15) is 9.18 Å². The zero-order valence-corrected chi connectivity index (χ0v) is 11.4. The average Bonchev–Trinajstić information content (AvgIpc) is 2.33. The van der Waals surface area contributed by atoms with E-state index in [-0.39, 0.29) is 15.9 Å². The number of aromatic nitrogens is 1. The summed E-state index contributed by atoms with van der Waals surface area (Å²) in [4.78, 5) is 15.8. The Kier molecular flexibility index (Phi) is 4.02. The SMILES string of the molecule is Cc1cc(Cl)nc(Cl)c1NC(=O)c1cccc(F)c1. The Hall–Kier alpha value is -1.65. The third-order valence-electron chi connectivity index (χ3n) is 2.47. The fraction of sp³-hybridized carbons (Fsp3) is 0.0769. The predicted molar refractivity (Wildman–Crippen MR) is 73.3 cm³/mol. The van der Waals surface area contributed by atoms with Crippen LogP contribution < -0.4 is 5.32 Å². The largest absolute Gasteiger partial charge is 0.319 e. The summed E-state index contributed by atoms with van der Waals surface area (Å²) in [5, 5.41) is 2.92. The Bertz CT molecular complexity index is 623. The third kappa shape index (κ3) is 3.22. The molecule has 0 saturated carbocycles. The number of carbonyl (C=O) groups excluding carboxylic acids is 1. The van der Waals surface area contributed by atoms with E-state index in [4.69, 9.17) is 23.2 Å². The topological polar surface area (TPSA) is 42.0 Å². The molecule has 1 heterocycles. The lowest BCUT2D eigenvalue weighted by Gasteiger charge is -2.10. The number of aryl methyl sites for hydroxylation is 1. The third-order valence-corrected chi connectivity index (χ3v) is 2.93. The van der Waals surface area contributed by atoms with Gasteiger partial charge in [0, 0.05) is 5.56 Å². The first-order valence-electron chi connectivity index (χ1n) is 5.37. The van der Waals surface area contributed by atoms with Crippen molar-refractivity contribution in [3.63, 3.8) is 0 Å². The highest BCUT2D eigenvalue weighted by molar-refractivity contribution is 6.35. The number of nitrogens with zero attached hydrogens (tertiary/aromatic N) is 1. The molecule has 0 atom stereocenters. The van der Waals surface area contributed by atoms with Crippen molar-refractivity contribution < 1.29 is 9.18 Å². The van der Waals surface area contributed by atoms with Gasteiger partial charge in [0.2, 0.25) is 0 Å². The van der Waals surface area contributed by atoms with Gasteiger partial charge in [0.25, 0.3) is 5.91 Å². The maximum Gasteiger partial charge on any atom is 0.255 e. The van der Waals surface area contributed by atoms with Crippen molar-refractivity contribution in [3.8, 4) is 0 Å². The van der Waals surface area contributed by atoms with E-state index >= 15 is 0 Å². The minimum Gasteiger partial charge on any atom is -0.319 e. The zero-order valence-electron chi connectivity index (χ0n) is 9.88. The maximum atomic E-state index is 13.0. The van der Waals surface area contributed by atoms with Crippen molar-refractivity contribution in [2.75, 3.05) is 5.32 Å². The summed E-state index contributed by atoms with van der Waals surface area (Å²) in [6.07, 6.45) is 0. The molecule has 1 N–H and O–H groups in total. The molecule has 0 fully saturated rings. The molecular weight excluding hydrogens is 290 g/mol. The van der Waals surface area contributed by atoms with Crippen LogP contribution in [0.1, 0.15) is 15.9 Å². The molecule has 0 aliphatic heterocycles. The summed E-state index contributed by atoms with van der Waals surface area (Å²) < 4.78 is 13.0. The summed E-state index contributed by atoms with van der Waals surface area (Å²) in [6, 6.07) is 6.94. The first kappa shape index (κ1) is 13.8. The zero-order chi connectivity index (χ0) is 14.0. The molecule has 0 aliphatic rings. The van der Waals surface area contributed by atoms with Gasteiger partial charge in [-0.05, 0) is 36.8 Å². The minimum absolute atomic E-state index is 0.0924. The molecule has 0 radical (unpaired) electrons. The van der Waals surface area contributed by atoms with Gasteiger partial charge < -0.3 is 5.32 Å². The van der Waals surface area contributed by atoms with Crippen molar-refractivity contribution >= 4 is 34.8 Å². The number of nitrogens with one attached hydrogen (secondary N) is 1. The minimum atomic E-state index is -0.482. The van der Waals surface area contributed by atoms with Gasteiger partial charge in [0.05, 0.1) is 5.69 Å². The summed E-state index contributed by atoms with van der Waals surface area (Å²) in [5.41, 5.74) is 1.24. The maximum absolute atomic E-state index is 13.0. The molecule has 1 aromatic heterocycles. The summed E-state index contributed by atoms with van der Waals surface area (Å²) in [7, 11) is 0. The molecule has 2 rings (SSSR count). The van der Waals surface area contributed by atoms with E-state index in [1.165, 1.54) is 18.2 Å². The molecule has 0 unspecified atom stereocenters. The molecule has 1 aromatic carbocycles. The van der Waals surface area contributed by atoms with Gasteiger partial charge in [0.15, 0.2) is 5.15 Å². The van der Waals surface area contributed by atoms with Crippen LogP contribution in [0.2, 0.25) is 10.3 Å². The number of hydrogen-bond acceptors (Lipinski definition) is 2. The average molecular weight is 299 g/mol. The molecule has 0 aliphatic carbocycles. The summed E-state index contributed by atoms with van der Waals surface area (Å²) in [5.74, 6) is -0.946. The van der Waals surface area contributed by atoms with E-state index < -0.39 is 11.7 Å². The van der Waals surface area contributed by atoms with Gasteiger partial charge in [-0.15, -0.1) is 0 Å². The number of hydrogen-bond donors (Lipinski definition) is 1. The van der Waals surface area contributed by atoms with Gasteiger partial charge in [-0.2, -0.15) is 0 Å². The van der Waals surface area contributed by atoms with Crippen LogP contribution in [-0.2, 0) is 0 Å². The second-order valence-corrected chi connectivity index (χ2v) is 4.64. The second kappa shape index (κ2) is 5.55. The standard InChI is InChI=1S/C13H9Cl2FN2O/c1-7-5-10(14)17-12(15)11(7)18-13(19)8-3-2-4-9(16)6-8/h2-6H,1H3,(H,18,19). The number of halogens is 3. The number of pyridine rings is 1. The lowest BCUT2D eigenvalue weighted by atomic mass is 10.2. The number of anilines is 1. The van der Waals surface area contributed by atoms with Crippen LogP contribution in [0.5, 0.6) is 0 Å². The predicted octanol–water partition coefficient (Wildman–Crippen LogP) is 4.09. The molecule has 2 aromatic rings. The Labute approximate surface area is 119 Å². The van der Waals surface area contributed by atoms with E-state index in [0.717, 1.165) is 6.07 Å². The molecule has 3 nitrogen and oxygen atoms in total. The van der Waals surface area contributed by atoms with Crippen LogP contribution in [0.3, 0.4) is 0 Å². The second-order valence-electron chi connectivity index (χ2n) is 3.89. The summed E-state index contributed by atoms with van der Waals surface area (Å²) >= 11 is 11.7. The first-order valence-corrected chi connectivity index (χ1v) is 6.12. The van der Waals surface area contributed by atoms with Gasteiger partial charge >= 0.3 is 0 Å². The number of amides is 1. The Morgan fingerprint density at radius 3 is 2.68 bits per heavy atom. The number of carbonyl (C=O) groups is 1. The first-order chi connectivity index (χ1) is 8.97. The Morgan fingerprint density at radius 1 is 1.32 bits per heavy atom. The van der Waals surface area contributed by atoms with E-state index in [1.54, 1.807) is 13.0 Å². The van der Waals surface area contributed by atoms with Gasteiger partial charge in [-0.25, -0.2) is 9.37 Å². The van der Waals surface area contributed by atoms with E-state index in [1.807, 2.05) is 0 Å². The molecule has 98 valence electrons. The normalized spacial score (nSPS) is 10.3. The number of rotatable bonds is 2. The lowest BCUT2D eigenvalue weighted by molar-refractivity contribution is 0.102. The van der Waals surface area contributed by atoms with Crippen molar-refractivity contribution in [3.05, 3.63) is 57.6 Å². The van der Waals surface area contributed by atoms with Crippen LogP contribution in [0.15, 0.2) is 30.3 Å². The van der Waals surface area contributed by atoms with Crippen molar-refractivity contribution in [2.24, 2.45) is 0 Å². The van der Waals surface area contributed by atoms with Crippen LogP contribution >= 0.6 is 23.2 Å². The smallest absolute Gasteiger partial charge is 0.255 e. The van der Waals surface area contributed by atoms with Crippen molar-refractivity contribution in [1.82, 2.24) is 4.98 Å². The highest BCUT2D eigenvalue weighted by Gasteiger charge is 2.13. The van der Waals surface area contributed by atoms with Crippen LogP contribution in [-0.4, -0.2) is 10.9 Å². The van der Waals surface area contributed by atoms with E-state index in [0.29, 0.717) is 11.3 Å². The molecule has 0 spiro atoms. The van der Waals surface area contributed by atoms with Crippen LogP contribution in [0.4, 0.5) is 10.1 Å². The van der Waals surface area contributed by atoms with Gasteiger partial charge in [-0.3, -0.25) is 4.79 Å². The molecule has 0 saturated heterocycles. The molecular formula is C13H9Cl2FN2O. The van der Waals surface area contributed by atoms with Crippen LogP contribution in [0, 0.1) is 12.7 Å². The highest BCUT2D eigenvalue weighted by atomic mass is 35.5. The fourth-order valence-corrected chi connectivity index (χ4v) is 2.14.